The molecule has 1 aliphatic heterocycles. The minimum absolute atomic E-state index is 0.127. The zero-order valence-electron chi connectivity index (χ0n) is 7.41. The number of hydrogen-bond acceptors (Lipinski definition) is 3. The number of carbonyl (C=O) groups excluding carboxylic acids is 1. The van der Waals surface area contributed by atoms with Gasteiger partial charge in [-0.15, -0.1) is 6.42 Å². The number of hydrogen-bond donors (Lipinski definition) is 1. The van der Waals surface area contributed by atoms with Gasteiger partial charge < -0.3 is 10.1 Å². The fraction of sp³-hybridized carbons (Fsp3) is 0.300. The zero-order valence-corrected chi connectivity index (χ0v) is 7.41. The molecule has 0 bridgehead atoms. The molecule has 13 heavy (non-hydrogen) atoms. The van der Waals surface area contributed by atoms with E-state index in [1.807, 2.05) is 0 Å². The second kappa shape index (κ2) is 4.36. The van der Waals surface area contributed by atoms with Crippen molar-refractivity contribution in [2.75, 3.05) is 6.61 Å². The summed E-state index contributed by atoms with van der Waals surface area (Å²) in [5.41, 5.74) is 0.494. The highest BCUT2D eigenvalue weighted by atomic mass is 16.5. The summed E-state index contributed by atoms with van der Waals surface area (Å²) in [5.74, 6) is 2.17. The average molecular weight is 177 g/mol. The van der Waals surface area contributed by atoms with E-state index < -0.39 is 0 Å². The third-order valence-electron chi connectivity index (χ3n) is 1.58. The summed E-state index contributed by atoms with van der Waals surface area (Å²) in [6.45, 7) is 2.14. The lowest BCUT2D eigenvalue weighted by Crippen LogP contribution is -2.24. The molecule has 3 heteroatoms. The van der Waals surface area contributed by atoms with E-state index in [0.717, 1.165) is 0 Å². The Bertz CT molecular complexity index is 297. The summed E-state index contributed by atoms with van der Waals surface area (Å²) in [6.07, 6.45) is 10.2. The van der Waals surface area contributed by atoms with E-state index in [9.17, 15) is 4.79 Å². The van der Waals surface area contributed by atoms with Crippen LogP contribution in [0.5, 0.6) is 0 Å². The summed E-state index contributed by atoms with van der Waals surface area (Å²) in [7, 11) is 0. The van der Waals surface area contributed by atoms with E-state index in [1.165, 1.54) is 0 Å². The van der Waals surface area contributed by atoms with Crippen molar-refractivity contribution >= 4 is 5.97 Å². The van der Waals surface area contributed by atoms with Gasteiger partial charge in [0.25, 0.3) is 0 Å². The largest absolute Gasteiger partial charge is 0.462 e. The molecule has 0 saturated heterocycles. The van der Waals surface area contributed by atoms with Crippen LogP contribution < -0.4 is 5.32 Å². The summed E-state index contributed by atoms with van der Waals surface area (Å²) >= 11 is 0. The molecule has 68 valence electrons. The third kappa shape index (κ3) is 2.38. The number of nitrogens with one attached hydrogen (secondary N) is 1. The van der Waals surface area contributed by atoms with Crippen molar-refractivity contribution in [3.63, 3.8) is 0 Å². The summed E-state index contributed by atoms with van der Waals surface area (Å²) < 4.78 is 4.80. The first-order valence-electron chi connectivity index (χ1n) is 4.05. The molecule has 0 radical (unpaired) electrons. The fourth-order valence-electron chi connectivity index (χ4n) is 0.928. The Hall–Kier alpha value is -1.69. The van der Waals surface area contributed by atoms with Crippen LogP contribution in [0, 0.1) is 12.3 Å². The highest BCUT2D eigenvalue weighted by molar-refractivity contribution is 5.91. The Kier molecular flexibility index (Phi) is 3.15. The molecule has 3 nitrogen and oxygen atoms in total. The van der Waals surface area contributed by atoms with Crippen LogP contribution in [0.2, 0.25) is 0 Å². The molecule has 1 rings (SSSR count). The van der Waals surface area contributed by atoms with Gasteiger partial charge in [-0.3, -0.25) is 0 Å². The number of dihydropyridines is 1. The van der Waals surface area contributed by atoms with Crippen LogP contribution in [0.25, 0.3) is 0 Å². The van der Waals surface area contributed by atoms with Crippen molar-refractivity contribution in [3.8, 4) is 12.3 Å². The van der Waals surface area contributed by atoms with Crippen molar-refractivity contribution in [2.45, 2.75) is 13.0 Å². The lowest BCUT2D eigenvalue weighted by atomic mass is 10.1. The summed E-state index contributed by atoms with van der Waals surface area (Å²) in [5, 5.41) is 2.87. The molecule has 0 amide bonds. The SMILES string of the molecule is C#CC1C=CC(C(=O)OCC)=CN1. The van der Waals surface area contributed by atoms with E-state index in [0.29, 0.717) is 12.2 Å². The topological polar surface area (TPSA) is 38.3 Å². The third-order valence-corrected chi connectivity index (χ3v) is 1.58. The maximum Gasteiger partial charge on any atom is 0.339 e. The first-order chi connectivity index (χ1) is 6.27. The van der Waals surface area contributed by atoms with Crippen molar-refractivity contribution in [3.05, 3.63) is 23.9 Å². The molecule has 1 atom stereocenters. The van der Waals surface area contributed by atoms with Gasteiger partial charge in [-0.1, -0.05) is 5.92 Å². The van der Waals surface area contributed by atoms with Crippen LogP contribution in [0.1, 0.15) is 6.92 Å². The molecule has 1 aliphatic rings. The quantitative estimate of drug-likeness (QED) is 0.495. The lowest BCUT2D eigenvalue weighted by Gasteiger charge is -2.12. The van der Waals surface area contributed by atoms with Crippen LogP contribution >= 0.6 is 0 Å². The predicted molar refractivity (Wildman–Crippen MR) is 49.6 cm³/mol. The second-order valence-electron chi connectivity index (χ2n) is 2.49. The van der Waals surface area contributed by atoms with Gasteiger partial charge in [0.05, 0.1) is 12.2 Å². The Morgan fingerprint density at radius 3 is 3.08 bits per heavy atom. The number of esters is 1. The van der Waals surface area contributed by atoms with Gasteiger partial charge in [0.15, 0.2) is 0 Å². The minimum Gasteiger partial charge on any atom is -0.462 e. The first kappa shape index (κ1) is 9.40. The van der Waals surface area contributed by atoms with Gasteiger partial charge >= 0.3 is 5.97 Å². The molecule has 0 aromatic carbocycles. The lowest BCUT2D eigenvalue weighted by molar-refractivity contribution is -0.138. The molecule has 1 N–H and O–H groups in total. The van der Waals surface area contributed by atoms with Crippen molar-refractivity contribution in [2.24, 2.45) is 0 Å². The van der Waals surface area contributed by atoms with E-state index in [1.54, 1.807) is 25.3 Å². The van der Waals surface area contributed by atoms with E-state index in [-0.39, 0.29) is 12.0 Å². The van der Waals surface area contributed by atoms with Gasteiger partial charge in [-0.25, -0.2) is 4.79 Å². The van der Waals surface area contributed by atoms with E-state index >= 15 is 0 Å². The fourth-order valence-corrected chi connectivity index (χ4v) is 0.928. The monoisotopic (exact) mass is 177 g/mol. The van der Waals surface area contributed by atoms with Crippen molar-refractivity contribution in [1.29, 1.82) is 0 Å². The van der Waals surface area contributed by atoms with Gasteiger partial charge in [0.2, 0.25) is 0 Å². The molecule has 0 fully saturated rings. The van der Waals surface area contributed by atoms with Crippen LogP contribution in [0.15, 0.2) is 23.9 Å². The number of terminal acetylenes is 1. The first-order valence-corrected chi connectivity index (χ1v) is 4.05. The molecule has 1 unspecified atom stereocenters. The average Bonchev–Trinajstić information content (AvgIpc) is 2.18. The maximum absolute atomic E-state index is 11.2. The van der Waals surface area contributed by atoms with Gasteiger partial charge in [0.1, 0.15) is 6.04 Å². The summed E-state index contributed by atoms with van der Waals surface area (Å²) in [4.78, 5) is 11.2. The van der Waals surface area contributed by atoms with Crippen LogP contribution in [-0.4, -0.2) is 18.6 Å². The van der Waals surface area contributed by atoms with Crippen molar-refractivity contribution in [1.82, 2.24) is 5.32 Å². The number of ether oxygens (including phenoxy) is 1. The Balaban J connectivity index is 2.58. The molecular weight excluding hydrogens is 166 g/mol. The second-order valence-corrected chi connectivity index (χ2v) is 2.49. The highest BCUT2D eigenvalue weighted by Crippen LogP contribution is 2.05. The van der Waals surface area contributed by atoms with Crippen molar-refractivity contribution < 1.29 is 9.53 Å². The number of carbonyl (C=O) groups is 1. The Morgan fingerprint density at radius 1 is 1.85 bits per heavy atom. The van der Waals surface area contributed by atoms with Gasteiger partial charge in [-0.05, 0) is 19.1 Å². The minimum atomic E-state index is -0.332. The molecule has 0 aromatic rings. The molecule has 1 heterocycles. The molecular formula is C10H11NO2. The van der Waals surface area contributed by atoms with E-state index in [4.69, 9.17) is 11.2 Å². The smallest absolute Gasteiger partial charge is 0.339 e. The highest BCUT2D eigenvalue weighted by Gasteiger charge is 2.11. The van der Waals surface area contributed by atoms with Gasteiger partial charge in [0, 0.05) is 6.20 Å². The standard InChI is InChI=1S/C10H11NO2/c1-3-9-6-5-8(7-11-9)10(12)13-4-2/h1,5-7,9,11H,4H2,2H3. The summed E-state index contributed by atoms with van der Waals surface area (Å²) in [6, 6.07) is -0.127. The van der Waals surface area contributed by atoms with Crippen LogP contribution in [0.3, 0.4) is 0 Å². The Labute approximate surface area is 77.5 Å². The molecule has 0 saturated carbocycles. The number of rotatable bonds is 2. The molecule has 0 aromatic heterocycles. The van der Waals surface area contributed by atoms with Gasteiger partial charge in [-0.2, -0.15) is 0 Å². The maximum atomic E-state index is 11.2. The van der Waals surface area contributed by atoms with Crippen LogP contribution in [0.4, 0.5) is 0 Å². The van der Waals surface area contributed by atoms with E-state index in [2.05, 4.69) is 11.2 Å². The molecule has 0 spiro atoms. The molecule has 0 aliphatic carbocycles. The Morgan fingerprint density at radius 2 is 2.62 bits per heavy atom. The normalized spacial score (nSPS) is 19.7. The van der Waals surface area contributed by atoms with Crippen LogP contribution in [-0.2, 0) is 9.53 Å². The zero-order chi connectivity index (χ0) is 9.68. The predicted octanol–water partition coefficient (Wildman–Crippen LogP) is 0.595.